The van der Waals surface area contributed by atoms with E-state index in [1.165, 1.54) is 18.3 Å². The van der Waals surface area contributed by atoms with Gasteiger partial charge < -0.3 is 25.0 Å². The Morgan fingerprint density at radius 2 is 1.46 bits per heavy atom. The molecule has 3 amide bonds. The first-order chi connectivity index (χ1) is 27.3. The zero-order valence-electron chi connectivity index (χ0n) is 34.5. The third kappa shape index (κ3) is 11.1. The Morgan fingerprint density at radius 1 is 0.842 bits per heavy atom. The normalized spacial score (nSPS) is 14.8. The summed E-state index contributed by atoms with van der Waals surface area (Å²) >= 11 is 1.25. The maximum Gasteiger partial charge on any atom is 0.407 e. The van der Waals surface area contributed by atoms with Crippen LogP contribution in [0, 0.1) is 17.8 Å². The van der Waals surface area contributed by atoms with Crippen LogP contribution in [0.1, 0.15) is 112 Å². The third-order valence-electron chi connectivity index (χ3n) is 10.9. The first-order valence-electron chi connectivity index (χ1n) is 20.1. The Hall–Kier alpha value is -5.03. The minimum absolute atomic E-state index is 0.0541. The SMILES string of the molecule is CCC(C)[C@H](NC(=O)OCC1c2ccccc2-c2ccccc21)C(=O)N(C)[C@H](CC(OC(C)=O)c1nc(C(=O)N[C@@H](Cc2ccccc2)CC(C)C)cs1)C(C)C. The first kappa shape index (κ1) is 43.1. The summed E-state index contributed by atoms with van der Waals surface area (Å²) in [4.78, 5) is 60.0. The van der Waals surface area contributed by atoms with Gasteiger partial charge in [0.15, 0.2) is 6.10 Å². The molecule has 1 aliphatic rings. The fourth-order valence-corrected chi connectivity index (χ4v) is 8.63. The zero-order chi connectivity index (χ0) is 41.2. The maximum atomic E-state index is 14.3. The van der Waals surface area contributed by atoms with Crippen molar-refractivity contribution in [2.75, 3.05) is 13.7 Å². The highest BCUT2D eigenvalue weighted by atomic mass is 32.1. The van der Waals surface area contributed by atoms with Crippen LogP contribution in [0.4, 0.5) is 4.79 Å². The Bertz CT molecular complexity index is 1930. The quantitative estimate of drug-likeness (QED) is 0.0964. The molecule has 2 N–H and O–H groups in total. The minimum Gasteiger partial charge on any atom is -0.455 e. The molecule has 0 spiro atoms. The molecule has 10 nitrogen and oxygen atoms in total. The van der Waals surface area contributed by atoms with Gasteiger partial charge in [0.05, 0.1) is 0 Å². The van der Waals surface area contributed by atoms with Gasteiger partial charge in [-0.3, -0.25) is 14.4 Å². The monoisotopic (exact) mass is 794 g/mol. The number of amides is 3. The Labute approximate surface area is 341 Å². The van der Waals surface area contributed by atoms with Crippen LogP contribution < -0.4 is 10.6 Å². The van der Waals surface area contributed by atoms with Gasteiger partial charge in [-0.25, -0.2) is 9.78 Å². The van der Waals surface area contributed by atoms with Gasteiger partial charge in [0.25, 0.3) is 5.91 Å². The van der Waals surface area contributed by atoms with Gasteiger partial charge in [-0.1, -0.05) is 127 Å². The molecule has 2 unspecified atom stereocenters. The number of rotatable bonds is 18. The number of aromatic nitrogens is 1. The second kappa shape index (κ2) is 19.9. The van der Waals surface area contributed by atoms with Crippen molar-refractivity contribution in [3.63, 3.8) is 0 Å². The number of nitrogens with one attached hydrogen (secondary N) is 2. The smallest absolute Gasteiger partial charge is 0.407 e. The number of likely N-dealkylation sites (N-methyl/N-ethyl adjacent to an activating group) is 1. The van der Waals surface area contributed by atoms with E-state index in [4.69, 9.17) is 9.47 Å². The number of hydrogen-bond acceptors (Lipinski definition) is 8. The predicted octanol–water partition coefficient (Wildman–Crippen LogP) is 8.96. The number of esters is 1. The van der Waals surface area contributed by atoms with E-state index < -0.39 is 30.3 Å². The standard InChI is InChI=1S/C46H58N4O6S/c1-9-30(6)42(49-46(54)55-26-38-36-21-15-13-19-34(36)35-20-14-16-22-37(35)38)45(53)50(8)40(29(4)5)25-41(56-31(7)51)44-48-39(27-57-44)43(52)47-33(23-28(2)3)24-32-17-11-10-12-18-32/h10-22,27-30,33,38,40-42H,9,23-26H2,1-8H3,(H,47,52)(H,49,54)/t30?,33-,40-,41?,42+/m1/s1. The number of hydrogen-bond donors (Lipinski definition) is 2. The Morgan fingerprint density at radius 3 is 2.04 bits per heavy atom. The van der Waals surface area contributed by atoms with Crippen LogP contribution in [-0.4, -0.2) is 65.5 Å². The van der Waals surface area contributed by atoms with Gasteiger partial charge in [-0.15, -0.1) is 11.3 Å². The van der Waals surface area contributed by atoms with Gasteiger partial charge in [-0.05, 0) is 58.4 Å². The molecular formula is C46H58N4O6S. The molecule has 1 aliphatic carbocycles. The van der Waals surface area contributed by atoms with Crippen LogP contribution >= 0.6 is 11.3 Å². The lowest BCUT2D eigenvalue weighted by Crippen LogP contribution is -2.54. The average Bonchev–Trinajstić information content (AvgIpc) is 3.81. The molecular weight excluding hydrogens is 737 g/mol. The number of carbonyl (C=O) groups excluding carboxylic acids is 4. The molecule has 304 valence electrons. The van der Waals surface area contributed by atoms with Gasteiger partial charge in [0, 0.05) is 43.8 Å². The highest BCUT2D eigenvalue weighted by Gasteiger charge is 2.36. The van der Waals surface area contributed by atoms with Gasteiger partial charge >= 0.3 is 12.1 Å². The van der Waals surface area contributed by atoms with E-state index in [1.807, 2.05) is 70.2 Å². The van der Waals surface area contributed by atoms with Gasteiger partial charge in [0.2, 0.25) is 5.91 Å². The molecule has 1 heterocycles. The van der Waals surface area contributed by atoms with Crippen molar-refractivity contribution in [3.8, 4) is 11.1 Å². The van der Waals surface area contributed by atoms with Crippen molar-refractivity contribution >= 4 is 35.2 Å². The summed E-state index contributed by atoms with van der Waals surface area (Å²) in [5, 5.41) is 8.23. The Balaban J connectivity index is 1.27. The van der Waals surface area contributed by atoms with E-state index in [0.717, 1.165) is 34.2 Å². The van der Waals surface area contributed by atoms with E-state index in [0.29, 0.717) is 23.8 Å². The summed E-state index contributed by atoms with van der Waals surface area (Å²) in [6.07, 6.45) is 0.931. The molecule has 0 radical (unpaired) electrons. The minimum atomic E-state index is -0.853. The summed E-state index contributed by atoms with van der Waals surface area (Å²) < 4.78 is 11.7. The van der Waals surface area contributed by atoms with E-state index in [-0.39, 0.29) is 54.3 Å². The van der Waals surface area contributed by atoms with Crippen LogP contribution in [0.5, 0.6) is 0 Å². The van der Waals surface area contributed by atoms with Crippen LogP contribution in [0.2, 0.25) is 0 Å². The van der Waals surface area contributed by atoms with Crippen LogP contribution in [0.15, 0.2) is 84.2 Å². The predicted molar refractivity (Wildman–Crippen MR) is 225 cm³/mol. The number of thiazole rings is 1. The lowest BCUT2D eigenvalue weighted by molar-refractivity contribution is -0.148. The van der Waals surface area contributed by atoms with Gasteiger partial charge in [0.1, 0.15) is 23.4 Å². The van der Waals surface area contributed by atoms with E-state index in [1.54, 1.807) is 17.3 Å². The highest BCUT2D eigenvalue weighted by molar-refractivity contribution is 7.09. The summed E-state index contributed by atoms with van der Waals surface area (Å²) in [7, 11) is 1.72. The van der Waals surface area contributed by atoms with Gasteiger partial charge in [-0.2, -0.15) is 0 Å². The van der Waals surface area contributed by atoms with Crippen molar-refractivity contribution < 1.29 is 28.7 Å². The number of carbonyl (C=O) groups is 4. The molecule has 1 aromatic heterocycles. The molecule has 11 heteroatoms. The lowest BCUT2D eigenvalue weighted by atomic mass is 9.93. The molecule has 0 fully saturated rings. The molecule has 0 saturated heterocycles. The number of nitrogens with zero attached hydrogens (tertiary/aromatic N) is 2. The van der Waals surface area contributed by atoms with E-state index >= 15 is 0 Å². The number of fused-ring (bicyclic) bond motifs is 3. The van der Waals surface area contributed by atoms with Crippen LogP contribution in [0.25, 0.3) is 11.1 Å². The van der Waals surface area contributed by atoms with Crippen LogP contribution in [0.3, 0.4) is 0 Å². The van der Waals surface area contributed by atoms with E-state index in [9.17, 15) is 19.2 Å². The number of benzene rings is 3. The summed E-state index contributed by atoms with van der Waals surface area (Å²) in [5.41, 5.74) is 5.87. The van der Waals surface area contributed by atoms with E-state index in [2.05, 4.69) is 65.9 Å². The second-order valence-corrected chi connectivity index (χ2v) is 16.9. The molecule has 0 saturated carbocycles. The third-order valence-corrected chi connectivity index (χ3v) is 11.9. The summed E-state index contributed by atoms with van der Waals surface area (Å²) in [5.74, 6) is -1.04. The molecule has 0 aliphatic heterocycles. The van der Waals surface area contributed by atoms with Crippen molar-refractivity contribution in [1.82, 2.24) is 20.5 Å². The topological polar surface area (TPSA) is 127 Å². The lowest BCUT2D eigenvalue weighted by Gasteiger charge is -2.36. The Kier molecular flexibility index (Phi) is 15.0. The molecule has 4 aromatic rings. The molecule has 5 rings (SSSR count). The van der Waals surface area contributed by atoms with Crippen molar-refractivity contribution in [1.29, 1.82) is 0 Å². The van der Waals surface area contributed by atoms with Crippen molar-refractivity contribution in [2.45, 2.75) is 104 Å². The molecule has 0 bridgehead atoms. The zero-order valence-corrected chi connectivity index (χ0v) is 35.3. The highest BCUT2D eigenvalue weighted by Crippen LogP contribution is 2.44. The molecule has 57 heavy (non-hydrogen) atoms. The second-order valence-electron chi connectivity index (χ2n) is 16.0. The first-order valence-corrected chi connectivity index (χ1v) is 21.0. The fraction of sp³-hybridized carbons (Fsp3) is 0.457. The maximum absolute atomic E-state index is 14.3. The van der Waals surface area contributed by atoms with Crippen LogP contribution in [-0.2, 0) is 25.5 Å². The number of alkyl carbamates (subject to hydrolysis) is 1. The summed E-state index contributed by atoms with van der Waals surface area (Å²) in [6, 6.07) is 25.0. The number of ether oxygens (including phenoxy) is 2. The summed E-state index contributed by atoms with van der Waals surface area (Å²) in [6.45, 7) is 13.6. The fourth-order valence-electron chi connectivity index (χ4n) is 7.79. The average molecular weight is 795 g/mol. The van der Waals surface area contributed by atoms with Crippen molar-refractivity contribution in [3.05, 3.63) is 112 Å². The molecule has 5 atom stereocenters. The van der Waals surface area contributed by atoms with Crippen molar-refractivity contribution in [2.24, 2.45) is 17.8 Å². The molecule has 3 aromatic carbocycles. The largest absolute Gasteiger partial charge is 0.455 e.